The van der Waals surface area contributed by atoms with E-state index in [4.69, 9.17) is 0 Å². The van der Waals surface area contributed by atoms with E-state index in [1.807, 2.05) is 0 Å². The third-order valence-corrected chi connectivity index (χ3v) is 2.47. The van der Waals surface area contributed by atoms with E-state index in [2.05, 4.69) is 5.32 Å². The van der Waals surface area contributed by atoms with Gasteiger partial charge in [0, 0.05) is 6.42 Å². The standard InChI is InChI=1S/C11H9F2NO2/c12-8-2-1-6(3-9(8)13)10-4-7(15)5-11(16)14-10/h1-3,10H,4-5H2,(H,14,16). The molecule has 0 aliphatic carbocycles. The van der Waals surface area contributed by atoms with Crippen molar-refractivity contribution < 1.29 is 18.4 Å². The summed E-state index contributed by atoms with van der Waals surface area (Å²) in [7, 11) is 0. The highest BCUT2D eigenvalue weighted by Gasteiger charge is 2.26. The van der Waals surface area contributed by atoms with Gasteiger partial charge in [0.2, 0.25) is 5.91 Å². The predicted octanol–water partition coefficient (Wildman–Crippen LogP) is 1.48. The number of nitrogens with one attached hydrogen (secondary N) is 1. The molecule has 0 aromatic heterocycles. The molecule has 0 bridgehead atoms. The second-order valence-corrected chi connectivity index (χ2v) is 3.71. The van der Waals surface area contributed by atoms with E-state index in [1.165, 1.54) is 6.07 Å². The zero-order chi connectivity index (χ0) is 11.7. The number of hydrogen-bond acceptors (Lipinski definition) is 2. The molecule has 1 fully saturated rings. The number of amides is 1. The van der Waals surface area contributed by atoms with Gasteiger partial charge in [-0.2, -0.15) is 0 Å². The van der Waals surface area contributed by atoms with Crippen molar-refractivity contribution in [1.29, 1.82) is 0 Å². The van der Waals surface area contributed by atoms with Crippen molar-refractivity contribution >= 4 is 11.7 Å². The maximum absolute atomic E-state index is 13.0. The molecule has 1 N–H and O–H groups in total. The zero-order valence-electron chi connectivity index (χ0n) is 8.30. The first-order valence-corrected chi connectivity index (χ1v) is 4.82. The molecule has 0 saturated carbocycles. The van der Waals surface area contributed by atoms with Crippen molar-refractivity contribution in [2.75, 3.05) is 0 Å². The SMILES string of the molecule is O=C1CC(=O)NC(c2ccc(F)c(F)c2)C1. The van der Waals surface area contributed by atoms with Crippen molar-refractivity contribution in [3.05, 3.63) is 35.4 Å². The Balaban J connectivity index is 2.26. The Morgan fingerprint density at radius 1 is 1.19 bits per heavy atom. The van der Waals surface area contributed by atoms with Gasteiger partial charge in [-0.25, -0.2) is 8.78 Å². The molecule has 16 heavy (non-hydrogen) atoms. The topological polar surface area (TPSA) is 46.2 Å². The summed E-state index contributed by atoms with van der Waals surface area (Å²) in [5.41, 5.74) is 0.403. The average Bonchev–Trinajstić information content (AvgIpc) is 2.20. The van der Waals surface area contributed by atoms with Crippen LogP contribution < -0.4 is 5.32 Å². The molecule has 5 heteroatoms. The monoisotopic (exact) mass is 225 g/mol. The smallest absolute Gasteiger partial charge is 0.227 e. The summed E-state index contributed by atoms with van der Waals surface area (Å²) >= 11 is 0. The maximum Gasteiger partial charge on any atom is 0.227 e. The number of benzene rings is 1. The van der Waals surface area contributed by atoms with Gasteiger partial charge in [-0.3, -0.25) is 9.59 Å². The molecule has 1 amide bonds. The van der Waals surface area contributed by atoms with Crippen LogP contribution in [0.25, 0.3) is 0 Å². The molecule has 1 aromatic rings. The van der Waals surface area contributed by atoms with Crippen molar-refractivity contribution in [1.82, 2.24) is 5.32 Å². The highest BCUT2D eigenvalue weighted by atomic mass is 19.2. The van der Waals surface area contributed by atoms with E-state index >= 15 is 0 Å². The summed E-state index contributed by atoms with van der Waals surface area (Å²) in [5, 5.41) is 2.56. The number of ketones is 1. The minimum absolute atomic E-state index is 0.122. The van der Waals surface area contributed by atoms with Crippen LogP contribution in [0.1, 0.15) is 24.4 Å². The molecule has 0 radical (unpaired) electrons. The average molecular weight is 225 g/mol. The molecule has 1 aromatic carbocycles. The molecule has 84 valence electrons. The number of carbonyl (C=O) groups is 2. The summed E-state index contributed by atoms with van der Waals surface area (Å²) in [6, 6.07) is 2.79. The first-order chi connectivity index (χ1) is 7.56. The number of piperidine rings is 1. The van der Waals surface area contributed by atoms with E-state index in [1.54, 1.807) is 0 Å². The van der Waals surface area contributed by atoms with E-state index in [-0.39, 0.29) is 24.5 Å². The second-order valence-electron chi connectivity index (χ2n) is 3.71. The molecule has 1 unspecified atom stereocenters. The fourth-order valence-corrected chi connectivity index (χ4v) is 1.71. The third-order valence-electron chi connectivity index (χ3n) is 2.47. The molecule has 1 atom stereocenters. The van der Waals surface area contributed by atoms with Gasteiger partial charge in [-0.1, -0.05) is 6.07 Å². The Labute approximate surface area is 90.5 Å². The van der Waals surface area contributed by atoms with Gasteiger partial charge in [-0.05, 0) is 17.7 Å². The van der Waals surface area contributed by atoms with Crippen LogP contribution in [0.4, 0.5) is 8.78 Å². The van der Waals surface area contributed by atoms with Crippen LogP contribution >= 0.6 is 0 Å². The van der Waals surface area contributed by atoms with Crippen LogP contribution in [0.2, 0.25) is 0 Å². The van der Waals surface area contributed by atoms with E-state index < -0.39 is 17.7 Å². The Morgan fingerprint density at radius 2 is 1.94 bits per heavy atom. The van der Waals surface area contributed by atoms with Crippen LogP contribution in [0.15, 0.2) is 18.2 Å². The lowest BCUT2D eigenvalue weighted by molar-refractivity contribution is -0.132. The lowest BCUT2D eigenvalue weighted by Gasteiger charge is -2.22. The molecule has 1 heterocycles. The van der Waals surface area contributed by atoms with E-state index in [9.17, 15) is 18.4 Å². The first-order valence-electron chi connectivity index (χ1n) is 4.82. The summed E-state index contributed by atoms with van der Waals surface area (Å²) in [5.74, 6) is -2.51. The Morgan fingerprint density at radius 3 is 2.56 bits per heavy atom. The molecular formula is C11H9F2NO2. The van der Waals surface area contributed by atoms with Crippen LogP contribution in [0, 0.1) is 11.6 Å². The van der Waals surface area contributed by atoms with Crippen molar-refractivity contribution in [3.8, 4) is 0 Å². The van der Waals surface area contributed by atoms with Gasteiger partial charge >= 0.3 is 0 Å². The van der Waals surface area contributed by atoms with Crippen LogP contribution in [-0.2, 0) is 9.59 Å². The summed E-state index contributed by atoms with van der Waals surface area (Å²) in [4.78, 5) is 22.3. The van der Waals surface area contributed by atoms with Crippen molar-refractivity contribution in [2.45, 2.75) is 18.9 Å². The number of halogens is 2. The molecule has 3 nitrogen and oxygen atoms in total. The fourth-order valence-electron chi connectivity index (χ4n) is 1.71. The number of carbonyl (C=O) groups excluding carboxylic acids is 2. The maximum atomic E-state index is 13.0. The van der Waals surface area contributed by atoms with Gasteiger partial charge in [-0.15, -0.1) is 0 Å². The minimum atomic E-state index is -0.982. The Hall–Kier alpha value is -1.78. The molecular weight excluding hydrogens is 216 g/mol. The highest BCUT2D eigenvalue weighted by molar-refractivity contribution is 6.00. The lowest BCUT2D eigenvalue weighted by Crippen LogP contribution is -2.36. The van der Waals surface area contributed by atoms with Crippen LogP contribution in [-0.4, -0.2) is 11.7 Å². The zero-order valence-corrected chi connectivity index (χ0v) is 8.30. The van der Waals surface area contributed by atoms with Gasteiger partial charge < -0.3 is 5.32 Å². The van der Waals surface area contributed by atoms with E-state index in [0.29, 0.717) is 5.56 Å². The largest absolute Gasteiger partial charge is 0.348 e. The Kier molecular flexibility index (Phi) is 2.68. The second kappa shape index (κ2) is 4.00. The number of Topliss-reactive ketones (excluding diaryl/α,β-unsaturated/α-hetero) is 1. The number of rotatable bonds is 1. The number of hydrogen-bond donors (Lipinski definition) is 1. The summed E-state index contributed by atoms with van der Waals surface area (Å²) in [6.07, 6.45) is -0.0169. The normalized spacial score (nSPS) is 20.8. The molecule has 1 aliphatic heterocycles. The molecule has 1 saturated heterocycles. The van der Waals surface area contributed by atoms with Crippen molar-refractivity contribution in [2.24, 2.45) is 0 Å². The molecule has 2 rings (SSSR count). The quantitative estimate of drug-likeness (QED) is 0.736. The van der Waals surface area contributed by atoms with Crippen LogP contribution in [0.5, 0.6) is 0 Å². The highest BCUT2D eigenvalue weighted by Crippen LogP contribution is 2.22. The van der Waals surface area contributed by atoms with Crippen LogP contribution in [0.3, 0.4) is 0 Å². The Bertz CT molecular complexity index is 443. The van der Waals surface area contributed by atoms with Gasteiger partial charge in [0.1, 0.15) is 5.78 Å². The fraction of sp³-hybridized carbons (Fsp3) is 0.273. The molecule has 0 spiro atoms. The van der Waals surface area contributed by atoms with Gasteiger partial charge in [0.25, 0.3) is 0 Å². The summed E-state index contributed by atoms with van der Waals surface area (Å²) < 4.78 is 25.6. The van der Waals surface area contributed by atoms with Gasteiger partial charge in [0.05, 0.1) is 12.5 Å². The minimum Gasteiger partial charge on any atom is -0.348 e. The third kappa shape index (κ3) is 2.08. The van der Waals surface area contributed by atoms with Gasteiger partial charge in [0.15, 0.2) is 11.6 Å². The molecule has 1 aliphatic rings. The predicted molar refractivity (Wildman–Crippen MR) is 51.5 cm³/mol. The van der Waals surface area contributed by atoms with E-state index in [0.717, 1.165) is 12.1 Å². The summed E-state index contributed by atoms with van der Waals surface area (Å²) in [6.45, 7) is 0. The van der Waals surface area contributed by atoms with Crippen molar-refractivity contribution in [3.63, 3.8) is 0 Å². The first kappa shape index (κ1) is 10.7. The lowest BCUT2D eigenvalue weighted by atomic mass is 9.96.